The summed E-state index contributed by atoms with van der Waals surface area (Å²) in [5.41, 5.74) is -0.489. The van der Waals surface area contributed by atoms with Crippen molar-refractivity contribution in [3.05, 3.63) is 16.3 Å². The molecule has 1 unspecified atom stereocenters. The van der Waals surface area contributed by atoms with Crippen LogP contribution in [-0.4, -0.2) is 33.2 Å². The Labute approximate surface area is 124 Å². The molecular weight excluding hydrogens is 296 g/mol. The summed E-state index contributed by atoms with van der Waals surface area (Å²) in [7, 11) is -3.47. The second kappa shape index (κ2) is 6.11. The Morgan fingerprint density at radius 2 is 2.25 bits per heavy atom. The third-order valence-corrected chi connectivity index (χ3v) is 5.93. The predicted molar refractivity (Wildman–Crippen MR) is 80.5 cm³/mol. The second-order valence-electron chi connectivity index (χ2n) is 5.75. The predicted octanol–water partition coefficient (Wildman–Crippen LogP) is 1.70. The summed E-state index contributed by atoms with van der Waals surface area (Å²) in [6, 6.07) is 2.12. The molecule has 1 aromatic rings. The third kappa shape index (κ3) is 4.02. The normalized spacial score (nSPS) is 23.6. The van der Waals surface area contributed by atoms with Gasteiger partial charge >= 0.3 is 0 Å². The number of rotatable bonds is 6. The van der Waals surface area contributed by atoms with E-state index in [4.69, 9.17) is 4.74 Å². The molecule has 0 bridgehead atoms. The van der Waals surface area contributed by atoms with Gasteiger partial charge in [-0.05, 0) is 19.4 Å². The van der Waals surface area contributed by atoms with E-state index in [1.54, 1.807) is 11.4 Å². The first-order valence-corrected chi connectivity index (χ1v) is 9.10. The maximum absolute atomic E-state index is 12.4. The number of hydrogen-bond donors (Lipinski definition) is 2. The fourth-order valence-corrected chi connectivity index (χ4v) is 4.68. The van der Waals surface area contributed by atoms with E-state index in [0.717, 1.165) is 4.88 Å². The van der Waals surface area contributed by atoms with Gasteiger partial charge in [-0.2, -0.15) is 0 Å². The molecule has 1 saturated heterocycles. The molecule has 2 rings (SSSR count). The van der Waals surface area contributed by atoms with E-state index in [2.05, 4.69) is 23.9 Å². The Hall–Kier alpha value is -0.470. The Kier molecular flexibility index (Phi) is 4.86. The molecule has 1 atom stereocenters. The minimum Gasteiger partial charge on any atom is -0.379 e. The van der Waals surface area contributed by atoms with Crippen LogP contribution in [0.4, 0.5) is 0 Å². The highest BCUT2D eigenvalue weighted by Crippen LogP contribution is 2.24. The van der Waals surface area contributed by atoms with Crippen LogP contribution in [0.2, 0.25) is 0 Å². The van der Waals surface area contributed by atoms with Gasteiger partial charge in [0, 0.05) is 29.5 Å². The van der Waals surface area contributed by atoms with Crippen LogP contribution in [0.15, 0.2) is 16.3 Å². The van der Waals surface area contributed by atoms with Crippen LogP contribution in [0, 0.1) is 0 Å². The first-order valence-electron chi connectivity index (χ1n) is 6.73. The summed E-state index contributed by atoms with van der Waals surface area (Å²) in [5, 5.41) is 4.98. The Bertz CT molecular complexity index is 546. The van der Waals surface area contributed by atoms with E-state index in [-0.39, 0.29) is 0 Å². The molecule has 0 spiro atoms. The van der Waals surface area contributed by atoms with Crippen molar-refractivity contribution in [2.45, 2.75) is 50.2 Å². The van der Waals surface area contributed by atoms with Gasteiger partial charge in [0.05, 0.1) is 17.0 Å². The second-order valence-corrected chi connectivity index (χ2v) is 8.43. The monoisotopic (exact) mass is 318 g/mol. The lowest BCUT2D eigenvalue weighted by Crippen LogP contribution is -2.46. The third-order valence-electron chi connectivity index (χ3n) is 3.22. The zero-order valence-corrected chi connectivity index (χ0v) is 13.7. The van der Waals surface area contributed by atoms with Crippen molar-refractivity contribution in [2.75, 3.05) is 13.2 Å². The Balaban J connectivity index is 2.06. The number of hydrogen-bond acceptors (Lipinski definition) is 5. The number of sulfonamides is 1. The number of thiophene rings is 1. The zero-order valence-electron chi connectivity index (χ0n) is 12.1. The van der Waals surface area contributed by atoms with Gasteiger partial charge in [0.2, 0.25) is 10.0 Å². The minimum absolute atomic E-state index is 0.344. The average Bonchev–Trinajstić information content (AvgIpc) is 2.95. The molecule has 0 aliphatic carbocycles. The highest BCUT2D eigenvalue weighted by atomic mass is 32.2. The molecule has 20 heavy (non-hydrogen) atoms. The number of nitrogens with one attached hydrogen (secondary N) is 2. The molecular formula is C13H22N2O3S2. The van der Waals surface area contributed by atoms with Crippen LogP contribution in [0.1, 0.15) is 32.1 Å². The molecule has 1 fully saturated rings. The minimum atomic E-state index is -3.47. The van der Waals surface area contributed by atoms with E-state index in [1.165, 1.54) is 11.3 Å². The van der Waals surface area contributed by atoms with Crippen LogP contribution in [0.25, 0.3) is 0 Å². The lowest BCUT2D eigenvalue weighted by Gasteiger charge is -2.22. The lowest BCUT2D eigenvalue weighted by molar-refractivity contribution is 0.178. The summed E-state index contributed by atoms with van der Waals surface area (Å²) in [6.45, 7) is 7.73. The smallest absolute Gasteiger partial charge is 0.241 e. The summed E-state index contributed by atoms with van der Waals surface area (Å²) in [5.74, 6) is 0. The Morgan fingerprint density at radius 1 is 1.50 bits per heavy atom. The molecule has 114 valence electrons. The summed E-state index contributed by atoms with van der Waals surface area (Å²) in [4.78, 5) is 1.36. The van der Waals surface area contributed by atoms with Crippen LogP contribution >= 0.6 is 11.3 Å². The first kappa shape index (κ1) is 15.9. The van der Waals surface area contributed by atoms with Crippen LogP contribution in [0.5, 0.6) is 0 Å². The van der Waals surface area contributed by atoms with Crippen LogP contribution in [0.3, 0.4) is 0 Å². The fraction of sp³-hybridized carbons (Fsp3) is 0.692. The van der Waals surface area contributed by atoms with Crippen LogP contribution in [-0.2, 0) is 21.3 Å². The molecule has 2 N–H and O–H groups in total. The summed E-state index contributed by atoms with van der Waals surface area (Å²) >= 11 is 1.46. The maximum Gasteiger partial charge on any atom is 0.241 e. The van der Waals surface area contributed by atoms with Crippen molar-refractivity contribution in [1.82, 2.24) is 10.0 Å². The molecule has 5 nitrogen and oxygen atoms in total. The maximum atomic E-state index is 12.4. The molecule has 0 radical (unpaired) electrons. The van der Waals surface area contributed by atoms with E-state index in [0.29, 0.717) is 37.1 Å². The summed E-state index contributed by atoms with van der Waals surface area (Å²) < 4.78 is 32.8. The summed E-state index contributed by atoms with van der Waals surface area (Å²) in [6.07, 6.45) is 0.706. The van der Waals surface area contributed by atoms with Gasteiger partial charge in [0.15, 0.2) is 0 Å². The molecule has 1 aliphatic heterocycles. The molecule has 2 heterocycles. The van der Waals surface area contributed by atoms with Crippen molar-refractivity contribution in [3.63, 3.8) is 0 Å². The molecule has 1 aliphatic rings. The van der Waals surface area contributed by atoms with Crippen molar-refractivity contribution < 1.29 is 13.2 Å². The molecule has 0 aromatic carbocycles. The molecule has 0 amide bonds. The highest BCUT2D eigenvalue weighted by Gasteiger charge is 2.34. The van der Waals surface area contributed by atoms with Crippen molar-refractivity contribution in [1.29, 1.82) is 0 Å². The van der Waals surface area contributed by atoms with E-state index in [1.807, 2.05) is 6.92 Å². The van der Waals surface area contributed by atoms with E-state index < -0.39 is 15.6 Å². The van der Waals surface area contributed by atoms with Gasteiger partial charge in [-0.25, -0.2) is 13.1 Å². The van der Waals surface area contributed by atoms with Crippen LogP contribution < -0.4 is 10.0 Å². The van der Waals surface area contributed by atoms with E-state index in [9.17, 15) is 8.42 Å². The lowest BCUT2D eigenvalue weighted by atomic mass is 10.0. The molecule has 1 aromatic heterocycles. The fourth-order valence-electron chi connectivity index (χ4n) is 2.03. The number of ether oxygens (including phenoxy) is 1. The van der Waals surface area contributed by atoms with Gasteiger partial charge in [-0.15, -0.1) is 11.3 Å². The topological polar surface area (TPSA) is 67.4 Å². The quantitative estimate of drug-likeness (QED) is 0.838. The first-order chi connectivity index (χ1) is 9.31. The molecule has 0 saturated carbocycles. The largest absolute Gasteiger partial charge is 0.379 e. The van der Waals surface area contributed by atoms with Gasteiger partial charge in [0.1, 0.15) is 0 Å². The van der Waals surface area contributed by atoms with Gasteiger partial charge in [-0.3, -0.25) is 0 Å². The highest BCUT2D eigenvalue weighted by molar-refractivity contribution is 7.89. The van der Waals surface area contributed by atoms with Gasteiger partial charge < -0.3 is 10.1 Å². The average molecular weight is 318 g/mol. The zero-order chi connectivity index (χ0) is 14.8. The van der Waals surface area contributed by atoms with Gasteiger partial charge in [-0.1, -0.05) is 13.8 Å². The van der Waals surface area contributed by atoms with Crippen molar-refractivity contribution in [2.24, 2.45) is 0 Å². The van der Waals surface area contributed by atoms with E-state index >= 15 is 0 Å². The molecule has 7 heteroatoms. The van der Waals surface area contributed by atoms with Crippen molar-refractivity contribution in [3.8, 4) is 0 Å². The Morgan fingerprint density at radius 3 is 2.85 bits per heavy atom. The van der Waals surface area contributed by atoms with Gasteiger partial charge in [0.25, 0.3) is 0 Å². The van der Waals surface area contributed by atoms with Crippen molar-refractivity contribution >= 4 is 21.4 Å². The SMILES string of the molecule is CC(C)NCc1cc(S(=O)(=O)NC2(C)CCOC2)cs1. The standard InChI is InChI=1S/C13H22N2O3S2/c1-10(2)14-7-11-6-12(8-19-11)20(16,17)15-13(3)4-5-18-9-13/h6,8,10,14-15H,4-5,7,9H2,1-3H3.